The minimum Gasteiger partial charge on any atom is -0.399 e. The summed E-state index contributed by atoms with van der Waals surface area (Å²) in [5, 5.41) is 9.74. The Morgan fingerprint density at radius 1 is 1.50 bits per heavy atom. The molecule has 16 heavy (non-hydrogen) atoms. The number of anilines is 2. The van der Waals surface area contributed by atoms with E-state index in [1.807, 2.05) is 18.2 Å². The van der Waals surface area contributed by atoms with Crippen LogP contribution in [0.25, 0.3) is 0 Å². The molecule has 2 unspecified atom stereocenters. The van der Waals surface area contributed by atoms with Crippen molar-refractivity contribution in [3.05, 3.63) is 23.8 Å². The van der Waals surface area contributed by atoms with Crippen LogP contribution in [0.3, 0.4) is 0 Å². The molecule has 1 aliphatic heterocycles. The fourth-order valence-electron chi connectivity index (χ4n) is 2.20. The van der Waals surface area contributed by atoms with Crippen LogP contribution < -0.4 is 16.4 Å². The second-order valence-corrected chi connectivity index (χ2v) is 4.49. The van der Waals surface area contributed by atoms with Crippen LogP contribution in [0.5, 0.6) is 0 Å². The van der Waals surface area contributed by atoms with E-state index in [-0.39, 0.29) is 6.04 Å². The van der Waals surface area contributed by atoms with Gasteiger partial charge in [0.25, 0.3) is 0 Å². The highest BCUT2D eigenvalue weighted by atomic mass is 16.3. The first-order valence-electron chi connectivity index (χ1n) is 5.66. The summed E-state index contributed by atoms with van der Waals surface area (Å²) in [7, 11) is 0. The number of aliphatic hydroxyl groups excluding tert-OH is 1. The molecule has 2 rings (SSSR count). The Hall–Kier alpha value is -1.26. The maximum Gasteiger partial charge on any atom is 0.0782 e. The largest absolute Gasteiger partial charge is 0.399 e. The summed E-state index contributed by atoms with van der Waals surface area (Å²) in [6.45, 7) is 3.56. The lowest BCUT2D eigenvalue weighted by atomic mass is 10.1. The van der Waals surface area contributed by atoms with Crippen molar-refractivity contribution in [3.63, 3.8) is 0 Å². The van der Waals surface area contributed by atoms with E-state index in [1.54, 1.807) is 6.92 Å². The molecule has 88 valence electrons. The lowest BCUT2D eigenvalue weighted by Crippen LogP contribution is -2.27. The normalized spacial score (nSPS) is 22.4. The first-order chi connectivity index (χ1) is 7.58. The molecule has 0 saturated carbocycles. The van der Waals surface area contributed by atoms with Crippen molar-refractivity contribution in [1.29, 1.82) is 0 Å². The molecule has 0 bridgehead atoms. The van der Waals surface area contributed by atoms with E-state index in [4.69, 9.17) is 11.5 Å². The van der Waals surface area contributed by atoms with Crippen LogP contribution in [0.2, 0.25) is 0 Å². The molecule has 0 aliphatic carbocycles. The molecule has 4 nitrogen and oxygen atoms in total. The summed E-state index contributed by atoms with van der Waals surface area (Å²) in [6.07, 6.45) is 0.499. The first-order valence-corrected chi connectivity index (χ1v) is 5.66. The molecule has 4 heteroatoms. The van der Waals surface area contributed by atoms with Crippen molar-refractivity contribution < 1.29 is 5.11 Å². The van der Waals surface area contributed by atoms with Gasteiger partial charge >= 0.3 is 0 Å². The molecule has 5 N–H and O–H groups in total. The van der Waals surface area contributed by atoms with Crippen molar-refractivity contribution in [3.8, 4) is 0 Å². The zero-order valence-electron chi connectivity index (χ0n) is 9.56. The van der Waals surface area contributed by atoms with E-state index in [2.05, 4.69) is 4.90 Å². The summed E-state index contributed by atoms with van der Waals surface area (Å²) < 4.78 is 0. The third-order valence-corrected chi connectivity index (χ3v) is 3.07. The fraction of sp³-hybridized carbons (Fsp3) is 0.500. The summed E-state index contributed by atoms with van der Waals surface area (Å²) in [6, 6.07) is 5.91. The van der Waals surface area contributed by atoms with Crippen molar-refractivity contribution in [2.24, 2.45) is 5.73 Å². The summed E-state index contributed by atoms with van der Waals surface area (Å²) in [5.41, 5.74) is 14.2. The predicted octanol–water partition coefficient (Wildman–Crippen LogP) is 0.860. The molecule has 1 saturated heterocycles. The number of hydrogen-bond acceptors (Lipinski definition) is 4. The maximum absolute atomic E-state index is 9.74. The monoisotopic (exact) mass is 221 g/mol. The van der Waals surface area contributed by atoms with Gasteiger partial charge in [-0.1, -0.05) is 0 Å². The molecule has 1 heterocycles. The van der Waals surface area contributed by atoms with Gasteiger partial charge in [0.1, 0.15) is 0 Å². The van der Waals surface area contributed by atoms with Gasteiger partial charge in [-0.15, -0.1) is 0 Å². The quantitative estimate of drug-likeness (QED) is 0.647. The van der Waals surface area contributed by atoms with Crippen molar-refractivity contribution in [2.45, 2.75) is 25.5 Å². The second-order valence-electron chi connectivity index (χ2n) is 4.49. The van der Waals surface area contributed by atoms with Crippen LogP contribution in [-0.2, 0) is 0 Å². The van der Waals surface area contributed by atoms with Gasteiger partial charge in [0.15, 0.2) is 0 Å². The highest BCUT2D eigenvalue weighted by molar-refractivity contribution is 5.61. The molecule has 1 fully saturated rings. The zero-order valence-corrected chi connectivity index (χ0v) is 9.56. The van der Waals surface area contributed by atoms with Gasteiger partial charge in [0.2, 0.25) is 0 Å². The average molecular weight is 221 g/mol. The Labute approximate surface area is 95.8 Å². The van der Waals surface area contributed by atoms with E-state index >= 15 is 0 Å². The van der Waals surface area contributed by atoms with Crippen molar-refractivity contribution in [1.82, 2.24) is 0 Å². The topological polar surface area (TPSA) is 75.5 Å². The molecule has 0 amide bonds. The highest BCUT2D eigenvalue weighted by Gasteiger charge is 2.22. The molecule has 0 spiro atoms. The van der Waals surface area contributed by atoms with E-state index in [0.29, 0.717) is 5.69 Å². The fourth-order valence-corrected chi connectivity index (χ4v) is 2.20. The minimum absolute atomic E-state index is 0.236. The number of nitrogen functional groups attached to an aromatic ring is 1. The number of benzene rings is 1. The summed E-state index contributed by atoms with van der Waals surface area (Å²) in [5.74, 6) is 0. The molecule has 0 aromatic heterocycles. The van der Waals surface area contributed by atoms with Crippen LogP contribution in [-0.4, -0.2) is 24.2 Å². The Morgan fingerprint density at radius 3 is 2.81 bits per heavy atom. The van der Waals surface area contributed by atoms with Gasteiger partial charge < -0.3 is 21.5 Å². The lowest BCUT2D eigenvalue weighted by molar-refractivity contribution is 0.199. The van der Waals surface area contributed by atoms with Gasteiger partial charge in [-0.25, -0.2) is 0 Å². The maximum atomic E-state index is 9.74. The third-order valence-electron chi connectivity index (χ3n) is 3.07. The molecular formula is C12H19N3O. The molecule has 1 aromatic carbocycles. The third kappa shape index (κ3) is 2.13. The number of nitrogens with two attached hydrogens (primary N) is 2. The zero-order chi connectivity index (χ0) is 11.7. The van der Waals surface area contributed by atoms with E-state index in [0.717, 1.165) is 30.8 Å². The Balaban J connectivity index is 2.32. The Bertz CT molecular complexity index is 379. The van der Waals surface area contributed by atoms with E-state index in [1.165, 1.54) is 0 Å². The van der Waals surface area contributed by atoms with Gasteiger partial charge in [0.05, 0.1) is 6.10 Å². The van der Waals surface area contributed by atoms with Gasteiger partial charge in [-0.05, 0) is 31.5 Å². The van der Waals surface area contributed by atoms with Crippen LogP contribution in [0, 0.1) is 0 Å². The summed E-state index contributed by atoms with van der Waals surface area (Å²) >= 11 is 0. The smallest absolute Gasteiger partial charge is 0.0782 e. The molecule has 1 aromatic rings. The van der Waals surface area contributed by atoms with E-state index < -0.39 is 6.10 Å². The minimum atomic E-state index is -0.504. The van der Waals surface area contributed by atoms with Crippen molar-refractivity contribution in [2.75, 3.05) is 23.7 Å². The number of aliphatic hydroxyl groups is 1. The average Bonchev–Trinajstić information content (AvgIpc) is 2.64. The molecule has 2 atom stereocenters. The lowest BCUT2D eigenvalue weighted by Gasteiger charge is -2.23. The number of hydrogen-bond donors (Lipinski definition) is 3. The van der Waals surface area contributed by atoms with Gasteiger partial charge in [-0.2, -0.15) is 0 Å². The van der Waals surface area contributed by atoms with Crippen LogP contribution in [0.15, 0.2) is 18.2 Å². The first kappa shape index (κ1) is 11.2. The van der Waals surface area contributed by atoms with Crippen LogP contribution in [0.4, 0.5) is 11.4 Å². The van der Waals surface area contributed by atoms with Crippen LogP contribution in [0.1, 0.15) is 25.0 Å². The Morgan fingerprint density at radius 2 is 2.25 bits per heavy atom. The Kier molecular flexibility index (Phi) is 3.03. The van der Waals surface area contributed by atoms with Gasteiger partial charge in [-0.3, -0.25) is 0 Å². The summed E-state index contributed by atoms with van der Waals surface area (Å²) in [4.78, 5) is 2.21. The number of rotatable bonds is 2. The highest BCUT2D eigenvalue weighted by Crippen LogP contribution is 2.30. The standard InChI is InChI=1S/C12H19N3O/c1-8(16)11-6-9(13)2-3-12(11)15-5-4-10(14)7-15/h2-3,6,8,10,16H,4-5,7,13-14H2,1H3. The predicted molar refractivity (Wildman–Crippen MR) is 66.3 cm³/mol. The second kappa shape index (κ2) is 4.31. The van der Waals surface area contributed by atoms with Crippen molar-refractivity contribution >= 4 is 11.4 Å². The molecule has 0 radical (unpaired) electrons. The van der Waals surface area contributed by atoms with E-state index in [9.17, 15) is 5.11 Å². The SMILES string of the molecule is CC(O)c1cc(N)ccc1N1CCC(N)C1. The molecule has 1 aliphatic rings. The van der Waals surface area contributed by atoms with Gasteiger partial charge in [0, 0.05) is 36.1 Å². The number of nitrogens with zero attached hydrogens (tertiary/aromatic N) is 1. The van der Waals surface area contributed by atoms with Crippen LogP contribution >= 0.6 is 0 Å². The molecular weight excluding hydrogens is 202 g/mol.